The minimum atomic E-state index is 0.241. The maximum atomic E-state index is 9.85. The van der Waals surface area contributed by atoms with Gasteiger partial charge in [-0.3, -0.25) is 4.40 Å². The van der Waals surface area contributed by atoms with Crippen molar-refractivity contribution < 1.29 is 5.11 Å². The van der Waals surface area contributed by atoms with Crippen molar-refractivity contribution >= 4 is 27.8 Å². The number of phenolic OH excluding ortho intramolecular Hbond substituents is 1. The quantitative estimate of drug-likeness (QED) is 0.520. The zero-order valence-electron chi connectivity index (χ0n) is 14.2. The number of fused-ring (bicyclic) bond motifs is 1. The summed E-state index contributed by atoms with van der Waals surface area (Å²) in [6, 6.07) is 13.6. The highest BCUT2D eigenvalue weighted by Crippen LogP contribution is 2.35. The number of hydrogen-bond acceptors (Lipinski definition) is 4. The van der Waals surface area contributed by atoms with Crippen LogP contribution in [0.3, 0.4) is 0 Å². The molecule has 0 aliphatic carbocycles. The molecule has 0 radical (unpaired) electrons. The predicted molar refractivity (Wildman–Crippen MR) is 104 cm³/mol. The first kappa shape index (κ1) is 15.7. The second-order valence-electron chi connectivity index (χ2n) is 6.00. The molecule has 0 saturated carbocycles. The number of nitrogens with zero attached hydrogens (tertiary/aromatic N) is 2. The fraction of sp³-hybridized carbons (Fsp3) is 0.150. The van der Waals surface area contributed by atoms with Crippen molar-refractivity contribution in [1.82, 2.24) is 9.38 Å². The van der Waals surface area contributed by atoms with Gasteiger partial charge in [-0.05, 0) is 36.6 Å². The first-order valence-corrected chi connectivity index (χ1v) is 9.16. The molecule has 0 unspecified atom stereocenters. The van der Waals surface area contributed by atoms with Crippen LogP contribution in [0.4, 0.5) is 11.5 Å². The van der Waals surface area contributed by atoms with Gasteiger partial charge in [0.1, 0.15) is 17.3 Å². The number of thiazole rings is 1. The van der Waals surface area contributed by atoms with Gasteiger partial charge in [-0.15, -0.1) is 11.3 Å². The van der Waals surface area contributed by atoms with Crippen molar-refractivity contribution in [3.63, 3.8) is 0 Å². The lowest BCUT2D eigenvalue weighted by atomic mass is 10.1. The van der Waals surface area contributed by atoms with Crippen LogP contribution in [0.15, 0.2) is 54.0 Å². The lowest BCUT2D eigenvalue weighted by Crippen LogP contribution is -2.01. The third-order valence-electron chi connectivity index (χ3n) is 4.37. The summed E-state index contributed by atoms with van der Waals surface area (Å²) >= 11 is 1.60. The lowest BCUT2D eigenvalue weighted by molar-refractivity contribution is 0.475. The van der Waals surface area contributed by atoms with Crippen LogP contribution in [-0.2, 0) is 6.42 Å². The van der Waals surface area contributed by atoms with Crippen molar-refractivity contribution in [3.05, 3.63) is 65.2 Å². The first-order valence-electron chi connectivity index (χ1n) is 8.28. The van der Waals surface area contributed by atoms with Crippen molar-refractivity contribution in [2.75, 3.05) is 5.32 Å². The number of aromatic hydroxyl groups is 1. The Balaban J connectivity index is 1.90. The highest BCUT2D eigenvalue weighted by Gasteiger charge is 2.17. The number of phenols is 1. The van der Waals surface area contributed by atoms with Crippen LogP contribution >= 0.6 is 11.3 Å². The molecule has 0 aliphatic heterocycles. The Hall–Kier alpha value is -2.79. The average Bonchev–Trinajstić information content (AvgIpc) is 3.19. The van der Waals surface area contributed by atoms with Gasteiger partial charge in [-0.1, -0.05) is 37.3 Å². The molecule has 0 spiro atoms. The number of hydrogen-bond donors (Lipinski definition) is 2. The highest BCUT2D eigenvalue weighted by molar-refractivity contribution is 7.15. The summed E-state index contributed by atoms with van der Waals surface area (Å²) < 4.78 is 2.07. The van der Waals surface area contributed by atoms with E-state index >= 15 is 0 Å². The number of rotatable bonds is 4. The van der Waals surface area contributed by atoms with Gasteiger partial charge < -0.3 is 10.4 Å². The molecule has 4 aromatic rings. The van der Waals surface area contributed by atoms with E-state index in [-0.39, 0.29) is 5.75 Å². The van der Waals surface area contributed by atoms with Gasteiger partial charge in [0.05, 0.1) is 0 Å². The topological polar surface area (TPSA) is 49.6 Å². The van der Waals surface area contributed by atoms with E-state index in [2.05, 4.69) is 41.8 Å². The maximum Gasteiger partial charge on any atom is 0.195 e. The normalized spacial score (nSPS) is 11.1. The molecule has 2 N–H and O–H groups in total. The summed E-state index contributed by atoms with van der Waals surface area (Å²) in [4.78, 5) is 5.70. The third-order valence-corrected chi connectivity index (χ3v) is 5.12. The minimum Gasteiger partial charge on any atom is -0.508 e. The van der Waals surface area contributed by atoms with E-state index in [1.54, 1.807) is 23.5 Å². The smallest absolute Gasteiger partial charge is 0.195 e. The summed E-state index contributed by atoms with van der Waals surface area (Å²) in [7, 11) is 0. The van der Waals surface area contributed by atoms with E-state index < -0.39 is 0 Å². The number of nitrogens with one attached hydrogen (secondary N) is 1. The summed E-state index contributed by atoms with van der Waals surface area (Å²) in [5.41, 5.74) is 5.33. The number of aryl methyl sites for hydroxylation is 2. The zero-order chi connectivity index (χ0) is 17.4. The third kappa shape index (κ3) is 2.76. The van der Waals surface area contributed by atoms with E-state index in [0.717, 1.165) is 34.1 Å². The summed E-state index contributed by atoms with van der Waals surface area (Å²) in [6.07, 6.45) is 2.97. The minimum absolute atomic E-state index is 0.241. The molecule has 4 rings (SSSR count). The molecular formula is C20H19N3OS. The van der Waals surface area contributed by atoms with Crippen LogP contribution in [0.5, 0.6) is 5.75 Å². The molecule has 0 amide bonds. The molecule has 2 heterocycles. The standard InChI is InChI=1S/C20H19N3OS/c1-3-14-7-4-6-13(2)17(14)21-19-18(15-8-5-9-16(24)12-15)22-20-23(19)10-11-25-20/h4-12,21,24H,3H2,1-2H3. The lowest BCUT2D eigenvalue weighted by Gasteiger charge is -2.15. The van der Waals surface area contributed by atoms with Gasteiger partial charge >= 0.3 is 0 Å². The van der Waals surface area contributed by atoms with Crippen LogP contribution in [0, 0.1) is 6.92 Å². The maximum absolute atomic E-state index is 9.85. The Morgan fingerprint density at radius 2 is 2.04 bits per heavy atom. The van der Waals surface area contributed by atoms with Crippen LogP contribution in [-0.4, -0.2) is 14.5 Å². The molecule has 2 aromatic heterocycles. The molecule has 25 heavy (non-hydrogen) atoms. The Labute approximate surface area is 150 Å². The Morgan fingerprint density at radius 3 is 2.84 bits per heavy atom. The fourth-order valence-corrected chi connectivity index (χ4v) is 3.79. The van der Waals surface area contributed by atoms with Gasteiger partial charge in [-0.25, -0.2) is 4.98 Å². The van der Waals surface area contributed by atoms with Crippen molar-refractivity contribution in [3.8, 4) is 17.0 Å². The van der Waals surface area contributed by atoms with Gasteiger partial charge in [0.15, 0.2) is 4.96 Å². The van der Waals surface area contributed by atoms with E-state index in [9.17, 15) is 5.11 Å². The predicted octanol–water partition coefficient (Wildman–Crippen LogP) is 5.38. The highest BCUT2D eigenvalue weighted by atomic mass is 32.1. The molecule has 0 bridgehead atoms. The number of benzene rings is 2. The molecule has 4 nitrogen and oxygen atoms in total. The zero-order valence-corrected chi connectivity index (χ0v) is 15.0. The van der Waals surface area contributed by atoms with Crippen LogP contribution in [0.1, 0.15) is 18.1 Å². The number of anilines is 2. The molecular weight excluding hydrogens is 330 g/mol. The van der Waals surface area contributed by atoms with E-state index in [0.29, 0.717) is 0 Å². The van der Waals surface area contributed by atoms with Crippen LogP contribution < -0.4 is 5.32 Å². The van der Waals surface area contributed by atoms with Gasteiger partial charge in [-0.2, -0.15) is 0 Å². The monoisotopic (exact) mass is 349 g/mol. The van der Waals surface area contributed by atoms with Gasteiger partial charge in [0.25, 0.3) is 0 Å². The fourth-order valence-electron chi connectivity index (χ4n) is 3.08. The molecule has 0 aliphatic rings. The largest absolute Gasteiger partial charge is 0.508 e. The SMILES string of the molecule is CCc1cccc(C)c1Nc1c(-c2cccc(O)c2)nc2sccn12. The van der Waals surface area contributed by atoms with Crippen molar-refractivity contribution in [2.45, 2.75) is 20.3 Å². The van der Waals surface area contributed by atoms with Crippen LogP contribution in [0.25, 0.3) is 16.2 Å². The molecule has 0 atom stereocenters. The summed E-state index contributed by atoms with van der Waals surface area (Å²) in [5.74, 6) is 1.16. The van der Waals surface area contributed by atoms with E-state index in [1.165, 1.54) is 11.1 Å². The van der Waals surface area contributed by atoms with Gasteiger partial charge in [0, 0.05) is 22.8 Å². The number of aromatic nitrogens is 2. The van der Waals surface area contributed by atoms with E-state index in [1.807, 2.05) is 23.7 Å². The Kier molecular flexibility index (Phi) is 3.93. The number of imidazole rings is 1. The van der Waals surface area contributed by atoms with E-state index in [4.69, 9.17) is 4.98 Å². The Bertz CT molecular complexity index is 1050. The second-order valence-corrected chi connectivity index (χ2v) is 6.88. The summed E-state index contributed by atoms with van der Waals surface area (Å²) in [6.45, 7) is 4.27. The van der Waals surface area contributed by atoms with Crippen molar-refractivity contribution in [1.29, 1.82) is 0 Å². The summed E-state index contributed by atoms with van der Waals surface area (Å²) in [5, 5.41) is 15.5. The van der Waals surface area contributed by atoms with Gasteiger partial charge in [0.2, 0.25) is 0 Å². The second kappa shape index (κ2) is 6.26. The average molecular weight is 349 g/mol. The Morgan fingerprint density at radius 1 is 1.20 bits per heavy atom. The molecule has 0 fully saturated rings. The number of para-hydroxylation sites is 1. The van der Waals surface area contributed by atoms with Crippen molar-refractivity contribution in [2.24, 2.45) is 0 Å². The first-order chi connectivity index (χ1) is 12.2. The molecule has 0 saturated heterocycles. The molecule has 5 heteroatoms. The van der Waals surface area contributed by atoms with Crippen LogP contribution in [0.2, 0.25) is 0 Å². The molecule has 126 valence electrons. The molecule has 2 aromatic carbocycles.